The quantitative estimate of drug-likeness (QED) is 0.424. The van der Waals surface area contributed by atoms with Gasteiger partial charge < -0.3 is 15.3 Å². The molecule has 3 radical (unpaired) electrons. The molecule has 0 aromatic rings. The number of rotatable bonds is 6. The summed E-state index contributed by atoms with van der Waals surface area (Å²) in [6.07, 6.45) is 0. The Labute approximate surface area is 96.3 Å². The second-order valence-corrected chi connectivity index (χ2v) is 5.62. The minimum atomic E-state index is 0.0694. The second-order valence-electron chi connectivity index (χ2n) is 2.15. The number of halogens is 1. The van der Waals surface area contributed by atoms with E-state index < -0.39 is 0 Å². The van der Waals surface area contributed by atoms with E-state index >= 15 is 0 Å². The molecule has 0 rings (SSSR count). The summed E-state index contributed by atoms with van der Waals surface area (Å²) in [5.74, 6) is 0. The van der Waals surface area contributed by atoms with Gasteiger partial charge in [0.25, 0.3) is 0 Å². The summed E-state index contributed by atoms with van der Waals surface area (Å²) in [5.41, 5.74) is 0. The second kappa shape index (κ2) is 15.3. The van der Waals surface area contributed by atoms with Gasteiger partial charge >= 0.3 is 36.6 Å². The number of hydrogen-bond donors (Lipinski definition) is 3. The topological polar surface area (TPSA) is 63.9 Å². The van der Waals surface area contributed by atoms with Crippen LogP contribution in [-0.4, -0.2) is 80.4 Å². The molecule has 0 atom stereocenters. The normalized spacial score (nSPS) is 9.69. The van der Waals surface area contributed by atoms with Crippen molar-refractivity contribution in [3.63, 3.8) is 0 Å². The fourth-order valence-corrected chi connectivity index (χ4v) is 0.760. The number of alkyl halides is 1. The Hall–Kier alpha value is 0.863. The van der Waals surface area contributed by atoms with E-state index in [2.05, 4.69) is 15.9 Å². The molecular formula is C7H17BrGeNO3. The van der Waals surface area contributed by atoms with Crippen LogP contribution in [0, 0.1) is 0 Å². The van der Waals surface area contributed by atoms with Crippen molar-refractivity contribution in [3.8, 4) is 0 Å². The Bertz CT molecular complexity index is 75.9. The van der Waals surface area contributed by atoms with Crippen LogP contribution in [0.15, 0.2) is 0 Å². The van der Waals surface area contributed by atoms with Gasteiger partial charge in [0.15, 0.2) is 0 Å². The van der Waals surface area contributed by atoms with E-state index in [0.29, 0.717) is 19.6 Å². The van der Waals surface area contributed by atoms with Crippen LogP contribution in [0.2, 0.25) is 0 Å². The summed E-state index contributed by atoms with van der Waals surface area (Å²) in [5, 5.41) is 25.5. The standard InChI is InChI=1S/C6H15NO3.CH2BrGe/c8-4-1-7(2-5-9)3-6-10;2-1-3/h8-10H,1-6H2;1H2. The van der Waals surface area contributed by atoms with Gasteiger partial charge in [-0.1, -0.05) is 0 Å². The van der Waals surface area contributed by atoms with Gasteiger partial charge in [0.2, 0.25) is 0 Å². The van der Waals surface area contributed by atoms with Crippen molar-refractivity contribution in [2.75, 3.05) is 43.6 Å². The summed E-state index contributed by atoms with van der Waals surface area (Å²) < 4.78 is 1.06. The molecule has 0 heterocycles. The van der Waals surface area contributed by atoms with E-state index in [4.69, 9.17) is 15.3 Å². The molecule has 0 amide bonds. The first kappa shape index (κ1) is 16.3. The fourth-order valence-electron chi connectivity index (χ4n) is 0.760. The predicted octanol–water partition coefficient (Wildman–Crippen LogP) is -1.23. The molecular weight excluding hydrogens is 299 g/mol. The zero-order chi connectivity index (χ0) is 10.5. The molecule has 0 aromatic carbocycles. The van der Waals surface area contributed by atoms with Crippen LogP contribution in [0.25, 0.3) is 0 Å². The van der Waals surface area contributed by atoms with Gasteiger partial charge in [-0.25, -0.2) is 0 Å². The van der Waals surface area contributed by atoms with Crippen LogP contribution in [0.3, 0.4) is 0 Å². The van der Waals surface area contributed by atoms with Crippen molar-refractivity contribution < 1.29 is 15.3 Å². The van der Waals surface area contributed by atoms with E-state index in [0.717, 1.165) is 4.16 Å². The molecule has 0 aliphatic heterocycles. The number of hydrogen-bond acceptors (Lipinski definition) is 4. The van der Waals surface area contributed by atoms with Crippen molar-refractivity contribution in [1.82, 2.24) is 4.90 Å². The summed E-state index contributed by atoms with van der Waals surface area (Å²) in [4.78, 5) is 1.79. The molecule has 0 fully saturated rings. The Morgan fingerprint density at radius 1 is 0.923 bits per heavy atom. The zero-order valence-corrected chi connectivity index (χ0v) is 11.3. The van der Waals surface area contributed by atoms with E-state index in [1.807, 2.05) is 16.5 Å². The van der Waals surface area contributed by atoms with E-state index in [1.165, 1.54) is 0 Å². The maximum atomic E-state index is 8.48. The molecule has 0 saturated carbocycles. The number of nitrogens with zero attached hydrogens (tertiary/aromatic N) is 1. The molecule has 4 nitrogen and oxygen atoms in total. The third-order valence-electron chi connectivity index (χ3n) is 1.25. The van der Waals surface area contributed by atoms with Gasteiger partial charge in [-0.2, -0.15) is 0 Å². The van der Waals surface area contributed by atoms with Crippen LogP contribution in [0.4, 0.5) is 0 Å². The van der Waals surface area contributed by atoms with E-state index in [-0.39, 0.29) is 19.8 Å². The molecule has 0 bridgehead atoms. The van der Waals surface area contributed by atoms with Crippen molar-refractivity contribution in [3.05, 3.63) is 0 Å². The van der Waals surface area contributed by atoms with Crippen molar-refractivity contribution >= 4 is 32.4 Å². The first-order valence-corrected chi connectivity index (χ1v) is 6.62. The average molecular weight is 316 g/mol. The molecule has 6 heteroatoms. The monoisotopic (exact) mass is 316 g/mol. The van der Waals surface area contributed by atoms with Crippen molar-refractivity contribution in [2.24, 2.45) is 0 Å². The van der Waals surface area contributed by atoms with Crippen LogP contribution >= 0.6 is 15.9 Å². The van der Waals surface area contributed by atoms with Crippen LogP contribution in [0.1, 0.15) is 0 Å². The summed E-state index contributed by atoms with van der Waals surface area (Å²) in [7, 11) is 0. The molecule has 0 spiro atoms. The van der Waals surface area contributed by atoms with Crippen LogP contribution < -0.4 is 0 Å². The summed E-state index contributed by atoms with van der Waals surface area (Å²) in [6.45, 7) is 1.75. The Morgan fingerprint density at radius 3 is 1.31 bits per heavy atom. The molecule has 0 saturated heterocycles. The van der Waals surface area contributed by atoms with Crippen molar-refractivity contribution in [2.45, 2.75) is 0 Å². The molecule has 0 aliphatic rings. The van der Waals surface area contributed by atoms with E-state index in [1.54, 1.807) is 4.90 Å². The number of aliphatic hydroxyl groups is 3. The molecule has 79 valence electrons. The molecule has 0 unspecified atom stereocenters. The van der Waals surface area contributed by atoms with Gasteiger partial charge in [0.1, 0.15) is 0 Å². The van der Waals surface area contributed by atoms with Crippen LogP contribution in [-0.2, 0) is 0 Å². The predicted molar refractivity (Wildman–Crippen MR) is 57.2 cm³/mol. The van der Waals surface area contributed by atoms with Gasteiger partial charge in [-0.15, -0.1) is 0 Å². The van der Waals surface area contributed by atoms with E-state index in [9.17, 15) is 0 Å². The Kier molecular flexibility index (Phi) is 19.2. The van der Waals surface area contributed by atoms with Gasteiger partial charge in [-0.3, -0.25) is 4.90 Å². The maximum absolute atomic E-state index is 8.48. The first-order valence-electron chi connectivity index (χ1n) is 4.02. The third kappa shape index (κ3) is 15.6. The molecule has 0 aromatic heterocycles. The Morgan fingerprint density at radius 2 is 1.15 bits per heavy atom. The first-order chi connectivity index (χ1) is 6.26. The zero-order valence-electron chi connectivity index (χ0n) is 7.62. The number of aliphatic hydroxyl groups excluding tert-OH is 3. The molecule has 3 N–H and O–H groups in total. The minimum absolute atomic E-state index is 0.0694. The van der Waals surface area contributed by atoms with Crippen LogP contribution in [0.5, 0.6) is 0 Å². The van der Waals surface area contributed by atoms with Gasteiger partial charge in [0, 0.05) is 19.6 Å². The summed E-state index contributed by atoms with van der Waals surface area (Å²) in [6, 6.07) is 0. The SMILES string of the molecule is OCCN(CCO)CCO.[Ge][CH2]Br. The third-order valence-corrected chi connectivity index (χ3v) is 1.25. The van der Waals surface area contributed by atoms with Gasteiger partial charge in [0.05, 0.1) is 19.8 Å². The fraction of sp³-hybridized carbons (Fsp3) is 1.00. The molecule has 0 aliphatic carbocycles. The average Bonchev–Trinajstić information content (AvgIpc) is 2.07. The summed E-state index contributed by atoms with van der Waals surface area (Å²) >= 11 is 5.19. The van der Waals surface area contributed by atoms with Gasteiger partial charge in [-0.05, 0) is 0 Å². The Balaban J connectivity index is 0. The van der Waals surface area contributed by atoms with Crippen molar-refractivity contribution in [1.29, 1.82) is 0 Å². The molecule has 13 heavy (non-hydrogen) atoms.